The lowest BCUT2D eigenvalue weighted by atomic mass is 10.1. The van der Waals surface area contributed by atoms with Crippen LogP contribution in [0.4, 0.5) is 0 Å². The number of aliphatic hydroxyl groups is 4. The standard InChI is InChI=1S/C7H16O6/c1-12-7(13-2)6(11)5(10)4(9)3-8/h4-11H,3H2,1-2H3/t4-,5-,6+/m0/s1. The summed E-state index contributed by atoms with van der Waals surface area (Å²) in [5, 5.41) is 36.0. The molecule has 80 valence electrons. The lowest BCUT2D eigenvalue weighted by Gasteiger charge is -2.26. The lowest BCUT2D eigenvalue weighted by molar-refractivity contribution is -0.206. The van der Waals surface area contributed by atoms with Crippen LogP contribution in [0, 0.1) is 0 Å². The fourth-order valence-corrected chi connectivity index (χ4v) is 0.872. The van der Waals surface area contributed by atoms with E-state index in [-0.39, 0.29) is 0 Å². The van der Waals surface area contributed by atoms with E-state index in [2.05, 4.69) is 9.47 Å². The maximum atomic E-state index is 9.31. The van der Waals surface area contributed by atoms with Crippen molar-refractivity contribution in [1.82, 2.24) is 0 Å². The third kappa shape index (κ3) is 3.55. The molecule has 6 nitrogen and oxygen atoms in total. The zero-order chi connectivity index (χ0) is 10.4. The highest BCUT2D eigenvalue weighted by Gasteiger charge is 2.31. The normalized spacial score (nSPS) is 18.7. The Morgan fingerprint density at radius 3 is 1.77 bits per heavy atom. The van der Waals surface area contributed by atoms with Gasteiger partial charge >= 0.3 is 0 Å². The second kappa shape index (κ2) is 6.25. The molecule has 0 rings (SSSR count). The van der Waals surface area contributed by atoms with Gasteiger partial charge in [-0.1, -0.05) is 0 Å². The van der Waals surface area contributed by atoms with Gasteiger partial charge in [-0.2, -0.15) is 0 Å². The average Bonchev–Trinajstić information content (AvgIpc) is 2.17. The second-order valence-corrected chi connectivity index (χ2v) is 2.57. The van der Waals surface area contributed by atoms with E-state index in [0.717, 1.165) is 0 Å². The first-order valence-corrected chi connectivity index (χ1v) is 3.79. The number of rotatable bonds is 6. The van der Waals surface area contributed by atoms with Crippen LogP contribution < -0.4 is 0 Å². The minimum absolute atomic E-state index is 0.641. The summed E-state index contributed by atoms with van der Waals surface area (Å²) in [6, 6.07) is 0. The number of ether oxygens (including phenoxy) is 2. The largest absolute Gasteiger partial charge is 0.394 e. The summed E-state index contributed by atoms with van der Waals surface area (Å²) in [7, 11) is 2.57. The van der Waals surface area contributed by atoms with Crippen molar-refractivity contribution < 1.29 is 29.9 Å². The molecule has 0 radical (unpaired) electrons. The van der Waals surface area contributed by atoms with Crippen molar-refractivity contribution in [1.29, 1.82) is 0 Å². The Hall–Kier alpha value is -0.240. The van der Waals surface area contributed by atoms with Crippen LogP contribution in [0.1, 0.15) is 0 Å². The average molecular weight is 196 g/mol. The van der Waals surface area contributed by atoms with Gasteiger partial charge in [0.1, 0.15) is 18.3 Å². The molecule has 0 aliphatic rings. The van der Waals surface area contributed by atoms with Crippen LogP contribution in [-0.2, 0) is 9.47 Å². The van der Waals surface area contributed by atoms with Crippen LogP contribution in [0.25, 0.3) is 0 Å². The molecule has 6 heteroatoms. The molecule has 0 aromatic carbocycles. The number of aliphatic hydroxyl groups excluding tert-OH is 4. The number of methoxy groups -OCH3 is 2. The van der Waals surface area contributed by atoms with Crippen LogP contribution in [0.15, 0.2) is 0 Å². The van der Waals surface area contributed by atoms with Crippen LogP contribution in [0.2, 0.25) is 0 Å². The third-order valence-corrected chi connectivity index (χ3v) is 1.67. The number of hydrogen-bond acceptors (Lipinski definition) is 6. The van der Waals surface area contributed by atoms with Crippen LogP contribution in [0.5, 0.6) is 0 Å². The Morgan fingerprint density at radius 2 is 1.46 bits per heavy atom. The fourth-order valence-electron chi connectivity index (χ4n) is 0.872. The van der Waals surface area contributed by atoms with Crippen molar-refractivity contribution >= 4 is 0 Å². The molecule has 0 aliphatic carbocycles. The van der Waals surface area contributed by atoms with Crippen molar-refractivity contribution in [2.75, 3.05) is 20.8 Å². The van der Waals surface area contributed by atoms with E-state index in [1.54, 1.807) is 0 Å². The Kier molecular flexibility index (Phi) is 6.13. The SMILES string of the molecule is COC(OC)[C@H](O)[C@@H](O)[C@@H](O)CO. The first kappa shape index (κ1) is 12.8. The Labute approximate surface area is 76.3 Å². The zero-order valence-electron chi connectivity index (χ0n) is 7.62. The van der Waals surface area contributed by atoms with Crippen LogP contribution in [0.3, 0.4) is 0 Å². The molecule has 0 fully saturated rings. The van der Waals surface area contributed by atoms with E-state index >= 15 is 0 Å². The van der Waals surface area contributed by atoms with E-state index < -0.39 is 31.2 Å². The van der Waals surface area contributed by atoms with Crippen molar-refractivity contribution in [2.45, 2.75) is 24.6 Å². The van der Waals surface area contributed by atoms with Gasteiger partial charge in [0.05, 0.1) is 6.61 Å². The highest BCUT2D eigenvalue weighted by molar-refractivity contribution is 4.76. The molecule has 0 saturated heterocycles. The molecule has 3 atom stereocenters. The molecular weight excluding hydrogens is 180 g/mol. The molecule has 0 spiro atoms. The Balaban J connectivity index is 4.13. The molecule has 0 amide bonds. The van der Waals surface area contributed by atoms with Crippen molar-refractivity contribution in [3.63, 3.8) is 0 Å². The molecule has 4 N–H and O–H groups in total. The monoisotopic (exact) mass is 196 g/mol. The predicted octanol–water partition coefficient (Wildman–Crippen LogP) is -2.32. The van der Waals surface area contributed by atoms with E-state index in [1.165, 1.54) is 14.2 Å². The highest BCUT2D eigenvalue weighted by atomic mass is 16.7. The smallest absolute Gasteiger partial charge is 0.185 e. The maximum Gasteiger partial charge on any atom is 0.185 e. The molecule has 0 aliphatic heterocycles. The van der Waals surface area contributed by atoms with E-state index in [9.17, 15) is 10.2 Å². The summed E-state index contributed by atoms with van der Waals surface area (Å²) in [4.78, 5) is 0. The van der Waals surface area contributed by atoms with Crippen LogP contribution >= 0.6 is 0 Å². The molecule has 0 heterocycles. The second-order valence-electron chi connectivity index (χ2n) is 2.57. The number of hydrogen-bond donors (Lipinski definition) is 4. The highest BCUT2D eigenvalue weighted by Crippen LogP contribution is 2.07. The summed E-state index contributed by atoms with van der Waals surface area (Å²) in [6.07, 6.45) is -5.36. The van der Waals surface area contributed by atoms with Gasteiger partial charge in [0.15, 0.2) is 6.29 Å². The quantitative estimate of drug-likeness (QED) is 0.356. The lowest BCUT2D eigenvalue weighted by Crippen LogP contribution is -2.47. The van der Waals surface area contributed by atoms with Crippen LogP contribution in [-0.4, -0.2) is 65.9 Å². The zero-order valence-corrected chi connectivity index (χ0v) is 7.62. The Morgan fingerprint density at radius 1 is 1.00 bits per heavy atom. The van der Waals surface area contributed by atoms with E-state index in [4.69, 9.17) is 10.2 Å². The minimum atomic E-state index is -1.50. The summed E-state index contributed by atoms with van der Waals surface area (Å²) in [6.45, 7) is -0.641. The van der Waals surface area contributed by atoms with Gasteiger partial charge in [-0.15, -0.1) is 0 Å². The van der Waals surface area contributed by atoms with Gasteiger partial charge in [0.25, 0.3) is 0 Å². The van der Waals surface area contributed by atoms with Gasteiger partial charge in [-0.25, -0.2) is 0 Å². The fraction of sp³-hybridized carbons (Fsp3) is 1.00. The molecule has 13 heavy (non-hydrogen) atoms. The van der Waals surface area contributed by atoms with Crippen molar-refractivity contribution in [2.24, 2.45) is 0 Å². The van der Waals surface area contributed by atoms with Crippen molar-refractivity contribution in [3.8, 4) is 0 Å². The summed E-state index contributed by atoms with van der Waals surface area (Å²) in [5.41, 5.74) is 0. The Bertz CT molecular complexity index is 126. The molecule has 0 bridgehead atoms. The maximum absolute atomic E-state index is 9.31. The van der Waals surface area contributed by atoms with E-state index in [1.807, 2.05) is 0 Å². The van der Waals surface area contributed by atoms with Gasteiger partial charge in [-0.3, -0.25) is 0 Å². The molecular formula is C7H16O6. The minimum Gasteiger partial charge on any atom is -0.394 e. The topological polar surface area (TPSA) is 99.4 Å². The van der Waals surface area contributed by atoms with Gasteiger partial charge in [-0.05, 0) is 0 Å². The predicted molar refractivity (Wildman–Crippen MR) is 42.9 cm³/mol. The first-order chi connectivity index (χ1) is 6.08. The molecule has 0 aromatic heterocycles. The van der Waals surface area contributed by atoms with Gasteiger partial charge in [0.2, 0.25) is 0 Å². The molecule has 0 unspecified atom stereocenters. The summed E-state index contributed by atoms with van der Waals surface area (Å²) in [5.74, 6) is 0. The van der Waals surface area contributed by atoms with Gasteiger partial charge < -0.3 is 29.9 Å². The third-order valence-electron chi connectivity index (χ3n) is 1.67. The molecule has 0 saturated carbocycles. The summed E-state index contributed by atoms with van der Waals surface area (Å²) >= 11 is 0. The van der Waals surface area contributed by atoms with E-state index in [0.29, 0.717) is 0 Å². The van der Waals surface area contributed by atoms with Gasteiger partial charge in [0, 0.05) is 14.2 Å². The first-order valence-electron chi connectivity index (χ1n) is 3.79. The summed E-state index contributed by atoms with van der Waals surface area (Å²) < 4.78 is 9.30. The molecule has 0 aromatic rings. The van der Waals surface area contributed by atoms with Crippen molar-refractivity contribution in [3.05, 3.63) is 0 Å².